The van der Waals surface area contributed by atoms with Crippen LogP contribution in [0.3, 0.4) is 0 Å². The molecule has 0 radical (unpaired) electrons. The summed E-state index contributed by atoms with van der Waals surface area (Å²) in [5, 5.41) is 2.94. The van der Waals surface area contributed by atoms with Crippen LogP contribution in [0.1, 0.15) is 37.0 Å². The number of rotatable bonds is 4. The first-order chi connectivity index (χ1) is 9.47. The van der Waals surface area contributed by atoms with Gasteiger partial charge in [-0.3, -0.25) is 9.69 Å². The van der Waals surface area contributed by atoms with Gasteiger partial charge in [0.1, 0.15) is 5.82 Å². The van der Waals surface area contributed by atoms with Crippen molar-refractivity contribution in [2.24, 2.45) is 13.0 Å². The molecule has 5 heteroatoms. The zero-order valence-corrected chi connectivity index (χ0v) is 13.1. The van der Waals surface area contributed by atoms with Crippen LogP contribution in [-0.2, 0) is 18.4 Å². The Bertz CT molecular complexity index is 480. The summed E-state index contributed by atoms with van der Waals surface area (Å²) in [4.78, 5) is 18.1. The van der Waals surface area contributed by atoms with Crippen LogP contribution in [0.25, 0.3) is 0 Å². The van der Waals surface area contributed by atoms with E-state index in [4.69, 9.17) is 0 Å². The number of nitrogens with zero attached hydrogens (tertiary/aromatic N) is 3. The molecule has 1 aromatic heterocycles. The number of nitrogens with one attached hydrogen (secondary N) is 1. The number of likely N-dealkylation sites (tertiary alicyclic amines) is 1. The fraction of sp³-hybridized carbons (Fsp3) is 0.733. The van der Waals surface area contributed by atoms with Gasteiger partial charge in [0.05, 0.1) is 12.2 Å². The molecule has 1 fully saturated rings. The number of carbonyl (C=O) groups is 1. The van der Waals surface area contributed by atoms with E-state index < -0.39 is 0 Å². The number of amides is 1. The minimum atomic E-state index is 0.0671. The van der Waals surface area contributed by atoms with Gasteiger partial charge < -0.3 is 9.88 Å². The number of hydrogen-bond acceptors (Lipinski definition) is 3. The second-order valence-electron chi connectivity index (χ2n) is 5.94. The van der Waals surface area contributed by atoms with Gasteiger partial charge in [-0.2, -0.15) is 0 Å². The molecule has 1 amide bonds. The van der Waals surface area contributed by atoms with Gasteiger partial charge in [0.15, 0.2) is 0 Å². The van der Waals surface area contributed by atoms with E-state index in [0.29, 0.717) is 5.92 Å². The topological polar surface area (TPSA) is 50.2 Å². The first kappa shape index (κ1) is 15.0. The molecular formula is C15H26N4O. The zero-order chi connectivity index (χ0) is 14.7. The predicted octanol–water partition coefficient (Wildman–Crippen LogP) is 1.39. The average Bonchev–Trinajstić information content (AvgIpc) is 2.65. The summed E-state index contributed by atoms with van der Waals surface area (Å²) < 4.78 is 2.19. The van der Waals surface area contributed by atoms with Gasteiger partial charge in [0.2, 0.25) is 5.91 Å². The van der Waals surface area contributed by atoms with Crippen LogP contribution in [-0.4, -0.2) is 40.0 Å². The van der Waals surface area contributed by atoms with Crippen molar-refractivity contribution in [1.29, 1.82) is 0 Å². The maximum Gasteiger partial charge on any atom is 0.216 e. The Kier molecular flexibility index (Phi) is 4.81. The molecule has 1 aliphatic heterocycles. The van der Waals surface area contributed by atoms with Crippen molar-refractivity contribution in [2.75, 3.05) is 19.6 Å². The smallest absolute Gasteiger partial charge is 0.216 e. The molecule has 0 spiro atoms. The van der Waals surface area contributed by atoms with Crippen molar-refractivity contribution >= 4 is 5.91 Å². The number of carbonyl (C=O) groups excluding carboxylic acids is 1. The Morgan fingerprint density at radius 1 is 1.45 bits per heavy atom. The fourth-order valence-electron chi connectivity index (χ4n) is 2.88. The number of imidazole rings is 1. The molecule has 112 valence electrons. The highest BCUT2D eigenvalue weighted by Gasteiger charge is 2.21. The lowest BCUT2D eigenvalue weighted by Gasteiger charge is -2.32. The van der Waals surface area contributed by atoms with Crippen molar-refractivity contribution in [2.45, 2.75) is 40.2 Å². The fourth-order valence-corrected chi connectivity index (χ4v) is 2.88. The molecule has 2 rings (SSSR count). The van der Waals surface area contributed by atoms with E-state index in [2.05, 4.69) is 40.7 Å². The van der Waals surface area contributed by atoms with Gasteiger partial charge in [0.25, 0.3) is 0 Å². The minimum absolute atomic E-state index is 0.0671. The summed E-state index contributed by atoms with van der Waals surface area (Å²) in [6.45, 7) is 9.63. The third-order valence-corrected chi connectivity index (χ3v) is 4.32. The monoisotopic (exact) mass is 278 g/mol. The van der Waals surface area contributed by atoms with Crippen LogP contribution in [0.2, 0.25) is 0 Å². The second kappa shape index (κ2) is 6.39. The molecule has 0 aromatic carbocycles. The van der Waals surface area contributed by atoms with E-state index in [9.17, 15) is 4.79 Å². The highest BCUT2D eigenvalue weighted by atomic mass is 16.1. The Morgan fingerprint density at radius 3 is 2.80 bits per heavy atom. The van der Waals surface area contributed by atoms with Crippen molar-refractivity contribution < 1.29 is 4.79 Å². The van der Waals surface area contributed by atoms with E-state index in [0.717, 1.165) is 37.7 Å². The standard InChI is InChI=1S/C15H26N4O/c1-11-12(2)18(4)15(17-11)10-19-7-5-6-14(9-19)8-16-13(3)20/h14H,5-10H2,1-4H3,(H,16,20)/t14-/m1/s1. The maximum atomic E-state index is 11.0. The van der Waals surface area contributed by atoms with Crippen molar-refractivity contribution in [3.8, 4) is 0 Å². The lowest BCUT2D eigenvalue weighted by Crippen LogP contribution is -2.40. The third-order valence-electron chi connectivity index (χ3n) is 4.32. The van der Waals surface area contributed by atoms with E-state index in [1.54, 1.807) is 6.92 Å². The summed E-state index contributed by atoms with van der Waals surface area (Å²) in [6.07, 6.45) is 2.40. The second-order valence-corrected chi connectivity index (χ2v) is 5.94. The molecule has 5 nitrogen and oxygen atoms in total. The molecule has 1 atom stereocenters. The summed E-state index contributed by atoms with van der Waals surface area (Å²) in [7, 11) is 2.09. The van der Waals surface area contributed by atoms with Gasteiger partial charge in [-0.15, -0.1) is 0 Å². The highest BCUT2D eigenvalue weighted by Crippen LogP contribution is 2.18. The Morgan fingerprint density at radius 2 is 2.20 bits per heavy atom. The number of aromatic nitrogens is 2. The molecular weight excluding hydrogens is 252 g/mol. The summed E-state index contributed by atoms with van der Waals surface area (Å²) in [5.41, 5.74) is 2.36. The van der Waals surface area contributed by atoms with Gasteiger partial charge >= 0.3 is 0 Å². The molecule has 1 saturated heterocycles. The zero-order valence-electron chi connectivity index (χ0n) is 13.1. The molecule has 1 aliphatic rings. The van der Waals surface area contributed by atoms with Crippen molar-refractivity contribution in [1.82, 2.24) is 19.8 Å². The molecule has 0 saturated carbocycles. The lowest BCUT2D eigenvalue weighted by molar-refractivity contribution is -0.119. The minimum Gasteiger partial charge on any atom is -0.356 e. The van der Waals surface area contributed by atoms with Crippen molar-refractivity contribution in [3.63, 3.8) is 0 Å². The summed E-state index contributed by atoms with van der Waals surface area (Å²) in [6, 6.07) is 0. The molecule has 2 heterocycles. The van der Waals surface area contributed by atoms with E-state index in [-0.39, 0.29) is 5.91 Å². The van der Waals surface area contributed by atoms with E-state index in [1.165, 1.54) is 18.5 Å². The Hall–Kier alpha value is -1.36. The van der Waals surface area contributed by atoms with E-state index in [1.807, 2.05) is 0 Å². The van der Waals surface area contributed by atoms with Crippen LogP contribution in [0, 0.1) is 19.8 Å². The third kappa shape index (κ3) is 3.60. The molecule has 1 N–H and O–H groups in total. The molecule has 1 aromatic rings. The largest absolute Gasteiger partial charge is 0.356 e. The van der Waals surface area contributed by atoms with Gasteiger partial charge in [-0.25, -0.2) is 4.98 Å². The highest BCUT2D eigenvalue weighted by molar-refractivity contribution is 5.72. The van der Waals surface area contributed by atoms with Crippen LogP contribution in [0.15, 0.2) is 0 Å². The summed E-state index contributed by atoms with van der Waals surface area (Å²) >= 11 is 0. The molecule has 20 heavy (non-hydrogen) atoms. The number of aryl methyl sites for hydroxylation is 1. The lowest BCUT2D eigenvalue weighted by atomic mass is 9.98. The molecule has 0 unspecified atom stereocenters. The van der Waals surface area contributed by atoms with Crippen LogP contribution in [0.4, 0.5) is 0 Å². The van der Waals surface area contributed by atoms with E-state index >= 15 is 0 Å². The predicted molar refractivity (Wildman–Crippen MR) is 79.4 cm³/mol. The quantitative estimate of drug-likeness (QED) is 0.905. The van der Waals surface area contributed by atoms with Crippen LogP contribution < -0.4 is 5.32 Å². The number of piperidine rings is 1. The molecule has 0 bridgehead atoms. The van der Waals surface area contributed by atoms with Gasteiger partial charge in [-0.05, 0) is 39.2 Å². The number of hydrogen-bond donors (Lipinski definition) is 1. The first-order valence-corrected chi connectivity index (χ1v) is 7.43. The maximum absolute atomic E-state index is 11.0. The van der Waals surface area contributed by atoms with Gasteiger partial charge in [0, 0.05) is 32.8 Å². The SMILES string of the molecule is CC(=O)NC[C@H]1CCCN(Cc2nc(C)c(C)n2C)C1. The Labute approximate surface area is 121 Å². The van der Waals surface area contributed by atoms with Crippen LogP contribution in [0.5, 0.6) is 0 Å². The normalized spacial score (nSPS) is 20.1. The summed E-state index contributed by atoms with van der Waals surface area (Å²) in [5.74, 6) is 1.77. The molecule has 0 aliphatic carbocycles. The first-order valence-electron chi connectivity index (χ1n) is 7.43. The van der Waals surface area contributed by atoms with Crippen molar-refractivity contribution in [3.05, 3.63) is 17.2 Å². The van der Waals surface area contributed by atoms with Gasteiger partial charge in [-0.1, -0.05) is 0 Å². The Balaban J connectivity index is 1.92. The van der Waals surface area contributed by atoms with Crippen LogP contribution >= 0.6 is 0 Å². The average molecular weight is 278 g/mol.